The molecular weight excluding hydrogens is 308 g/mol. The van der Waals surface area contributed by atoms with Crippen molar-refractivity contribution in [3.05, 3.63) is 10.4 Å². The molecule has 130 valence electrons. The summed E-state index contributed by atoms with van der Waals surface area (Å²) in [5.41, 5.74) is 12.6. The van der Waals surface area contributed by atoms with Crippen molar-refractivity contribution in [2.24, 2.45) is 16.8 Å². The Morgan fingerprint density at radius 3 is 2.26 bits per heavy atom. The summed E-state index contributed by atoms with van der Waals surface area (Å²) in [6, 6.07) is 0. The highest BCUT2D eigenvalue weighted by Crippen LogP contribution is 2.32. The molecule has 0 radical (unpaired) electrons. The van der Waals surface area contributed by atoms with Crippen molar-refractivity contribution in [3.63, 3.8) is 0 Å². The largest absolute Gasteiger partial charge is 0.469 e. The normalized spacial score (nSPS) is 14.1. The number of carbonyl (C=O) groups is 3. The molecule has 23 heavy (non-hydrogen) atoms. The fourth-order valence-electron chi connectivity index (χ4n) is 2.22. The van der Waals surface area contributed by atoms with Crippen LogP contribution in [0.2, 0.25) is 0 Å². The van der Waals surface area contributed by atoms with Crippen LogP contribution in [0.5, 0.6) is 0 Å². The van der Waals surface area contributed by atoms with Gasteiger partial charge in [-0.2, -0.15) is 0 Å². The topological polar surface area (TPSA) is 154 Å². The van der Waals surface area contributed by atoms with E-state index < -0.39 is 29.2 Å². The molecule has 0 aliphatic carbocycles. The molecule has 0 fully saturated rings. The fourth-order valence-corrected chi connectivity index (χ4v) is 2.22. The van der Waals surface area contributed by atoms with Gasteiger partial charge in [-0.15, -0.1) is 0 Å². The quantitative estimate of drug-likeness (QED) is 0.248. The predicted molar refractivity (Wildman–Crippen MR) is 79.2 cm³/mol. The molecule has 0 aliphatic rings. The van der Waals surface area contributed by atoms with Crippen LogP contribution < -0.4 is 5.73 Å². The van der Waals surface area contributed by atoms with Gasteiger partial charge in [0.1, 0.15) is 0 Å². The first-order valence-electron chi connectivity index (χ1n) is 6.83. The molecule has 0 bridgehead atoms. The number of azide groups is 1. The van der Waals surface area contributed by atoms with E-state index in [1.165, 1.54) is 21.3 Å². The third-order valence-electron chi connectivity index (χ3n) is 3.61. The minimum atomic E-state index is -1.36. The third kappa shape index (κ3) is 6.23. The fraction of sp³-hybridized carbons (Fsp3) is 0.769. The Morgan fingerprint density at radius 1 is 1.22 bits per heavy atom. The highest BCUT2D eigenvalue weighted by molar-refractivity contribution is 5.88. The summed E-state index contributed by atoms with van der Waals surface area (Å²) >= 11 is 0. The zero-order chi connectivity index (χ0) is 17.9. The van der Waals surface area contributed by atoms with Crippen LogP contribution in [0.3, 0.4) is 0 Å². The van der Waals surface area contributed by atoms with Gasteiger partial charge in [-0.1, -0.05) is 5.11 Å². The van der Waals surface area contributed by atoms with Gasteiger partial charge >= 0.3 is 11.9 Å². The highest BCUT2D eigenvalue weighted by atomic mass is 16.5. The molecule has 0 heterocycles. The van der Waals surface area contributed by atoms with Crippen molar-refractivity contribution in [2.45, 2.75) is 24.9 Å². The first-order chi connectivity index (χ1) is 10.9. The lowest BCUT2D eigenvalue weighted by Gasteiger charge is -2.37. The van der Waals surface area contributed by atoms with Crippen molar-refractivity contribution >= 4 is 17.7 Å². The molecule has 0 amide bonds. The smallest absolute Gasteiger partial charge is 0.306 e. The Morgan fingerprint density at radius 2 is 1.83 bits per heavy atom. The van der Waals surface area contributed by atoms with Crippen LogP contribution in [-0.4, -0.2) is 57.7 Å². The number of hydrogen-bond donors (Lipinski definition) is 1. The van der Waals surface area contributed by atoms with E-state index in [-0.39, 0.29) is 32.4 Å². The van der Waals surface area contributed by atoms with Crippen molar-refractivity contribution in [1.82, 2.24) is 0 Å². The van der Waals surface area contributed by atoms with Crippen molar-refractivity contribution in [2.75, 3.05) is 34.4 Å². The number of methoxy groups -OCH3 is 3. The van der Waals surface area contributed by atoms with E-state index in [0.29, 0.717) is 0 Å². The molecule has 0 spiro atoms. The number of esters is 2. The first-order valence-corrected chi connectivity index (χ1v) is 6.83. The second-order valence-electron chi connectivity index (χ2n) is 4.74. The Hall–Kier alpha value is -2.16. The molecule has 0 aliphatic heterocycles. The molecule has 0 rings (SSSR count). The van der Waals surface area contributed by atoms with Gasteiger partial charge in [0.25, 0.3) is 0 Å². The van der Waals surface area contributed by atoms with Gasteiger partial charge in [0.05, 0.1) is 45.2 Å². The van der Waals surface area contributed by atoms with Gasteiger partial charge in [0.15, 0.2) is 5.78 Å². The van der Waals surface area contributed by atoms with Crippen LogP contribution in [-0.2, 0) is 28.6 Å². The lowest BCUT2D eigenvalue weighted by Crippen LogP contribution is -2.49. The Balaban J connectivity index is 5.65. The molecule has 2 unspecified atom stereocenters. The minimum Gasteiger partial charge on any atom is -0.469 e. The monoisotopic (exact) mass is 330 g/mol. The maximum atomic E-state index is 12.2. The maximum Gasteiger partial charge on any atom is 0.306 e. The molecule has 0 aromatic carbocycles. The third-order valence-corrected chi connectivity index (χ3v) is 3.61. The standard InChI is InChI=1S/C13H22N4O6/c1-21-11(19)4-5-13(23-3,8-16-17-15)9(10(18)7-14)6-12(20)22-2/h9H,4-8,14H2,1-3H3. The minimum absolute atomic E-state index is 0.0165. The first kappa shape index (κ1) is 20.8. The van der Waals surface area contributed by atoms with Gasteiger partial charge < -0.3 is 19.9 Å². The van der Waals surface area contributed by atoms with Gasteiger partial charge in [-0.3, -0.25) is 14.4 Å². The van der Waals surface area contributed by atoms with E-state index in [1.54, 1.807) is 0 Å². The molecule has 0 aromatic rings. The molecule has 2 atom stereocenters. The molecule has 10 nitrogen and oxygen atoms in total. The lowest BCUT2D eigenvalue weighted by atomic mass is 9.78. The Kier molecular flexibility index (Phi) is 9.56. The second kappa shape index (κ2) is 10.5. The number of carbonyl (C=O) groups excluding carboxylic acids is 3. The number of Topliss-reactive ketones (excluding diaryl/α,β-unsaturated/α-hetero) is 1. The van der Waals surface area contributed by atoms with Crippen LogP contribution in [0.15, 0.2) is 5.11 Å². The van der Waals surface area contributed by atoms with Crippen molar-refractivity contribution in [1.29, 1.82) is 0 Å². The van der Waals surface area contributed by atoms with E-state index in [4.69, 9.17) is 16.0 Å². The van der Waals surface area contributed by atoms with Gasteiger partial charge in [-0.05, 0) is 12.0 Å². The van der Waals surface area contributed by atoms with Crippen LogP contribution in [0.25, 0.3) is 10.4 Å². The molecular formula is C13H22N4O6. The average molecular weight is 330 g/mol. The van der Waals surface area contributed by atoms with Crippen molar-refractivity contribution in [3.8, 4) is 0 Å². The Labute approximate surface area is 133 Å². The van der Waals surface area contributed by atoms with E-state index in [1.807, 2.05) is 0 Å². The van der Waals surface area contributed by atoms with Gasteiger partial charge in [0.2, 0.25) is 0 Å². The summed E-state index contributed by atoms with van der Waals surface area (Å²) in [7, 11) is 3.71. The molecule has 2 N–H and O–H groups in total. The van der Waals surface area contributed by atoms with Crippen LogP contribution in [0.4, 0.5) is 0 Å². The zero-order valence-electron chi connectivity index (χ0n) is 13.5. The van der Waals surface area contributed by atoms with E-state index in [9.17, 15) is 14.4 Å². The number of nitrogens with two attached hydrogens (primary N) is 1. The molecule has 0 saturated carbocycles. The zero-order valence-corrected chi connectivity index (χ0v) is 13.5. The second-order valence-corrected chi connectivity index (χ2v) is 4.74. The summed E-state index contributed by atoms with van der Waals surface area (Å²) in [5, 5.41) is 3.45. The summed E-state index contributed by atoms with van der Waals surface area (Å²) in [6.45, 7) is -0.578. The predicted octanol–water partition coefficient (Wildman–Crippen LogP) is 0.342. The average Bonchev–Trinajstić information content (AvgIpc) is 2.59. The molecule has 0 saturated heterocycles. The summed E-state index contributed by atoms with van der Waals surface area (Å²) in [4.78, 5) is 37.8. The maximum absolute atomic E-state index is 12.2. The van der Waals surface area contributed by atoms with Crippen LogP contribution in [0, 0.1) is 5.92 Å². The van der Waals surface area contributed by atoms with E-state index in [0.717, 1.165) is 0 Å². The van der Waals surface area contributed by atoms with E-state index in [2.05, 4.69) is 19.5 Å². The van der Waals surface area contributed by atoms with Gasteiger partial charge in [0, 0.05) is 18.4 Å². The number of rotatable bonds is 11. The number of ketones is 1. The summed E-state index contributed by atoms with van der Waals surface area (Å²) in [5.74, 6) is -2.64. The number of ether oxygens (including phenoxy) is 3. The SMILES string of the molecule is COC(=O)CCC(CN=[N+]=[N-])(OC)C(CC(=O)OC)C(=O)CN. The summed E-state index contributed by atoms with van der Waals surface area (Å²) in [6.07, 6.45) is -0.369. The Bertz CT molecular complexity index is 477. The molecule has 10 heteroatoms. The van der Waals surface area contributed by atoms with Crippen molar-refractivity contribution < 1.29 is 28.6 Å². The van der Waals surface area contributed by atoms with Crippen LogP contribution in [0.1, 0.15) is 19.3 Å². The van der Waals surface area contributed by atoms with Crippen LogP contribution >= 0.6 is 0 Å². The van der Waals surface area contributed by atoms with E-state index >= 15 is 0 Å². The number of hydrogen-bond acceptors (Lipinski definition) is 8. The highest BCUT2D eigenvalue weighted by Gasteiger charge is 2.43. The molecule has 0 aromatic heterocycles. The number of nitrogens with zero attached hydrogens (tertiary/aromatic N) is 3. The van der Waals surface area contributed by atoms with Gasteiger partial charge in [-0.25, -0.2) is 0 Å². The lowest BCUT2D eigenvalue weighted by molar-refractivity contribution is -0.153. The summed E-state index contributed by atoms with van der Waals surface area (Å²) < 4.78 is 14.6.